The van der Waals surface area contributed by atoms with Gasteiger partial charge in [0.05, 0.1) is 12.8 Å². The van der Waals surface area contributed by atoms with Crippen molar-refractivity contribution < 1.29 is 13.2 Å². The van der Waals surface area contributed by atoms with Gasteiger partial charge in [-0.15, -0.1) is 0 Å². The van der Waals surface area contributed by atoms with Crippen molar-refractivity contribution in [3.8, 4) is 0 Å². The summed E-state index contributed by atoms with van der Waals surface area (Å²) in [6, 6.07) is 9.54. The molecule has 1 fully saturated rings. The van der Waals surface area contributed by atoms with Gasteiger partial charge in [0, 0.05) is 12.6 Å². The smallest absolute Gasteiger partial charge is 0.235 e. The molecule has 0 radical (unpaired) electrons. The van der Waals surface area contributed by atoms with Crippen LogP contribution in [-0.2, 0) is 21.4 Å². The van der Waals surface area contributed by atoms with Gasteiger partial charge in [0.25, 0.3) is 0 Å². The summed E-state index contributed by atoms with van der Waals surface area (Å²) in [6.45, 7) is 0.332. The van der Waals surface area contributed by atoms with Crippen LogP contribution in [0, 0.1) is 0 Å². The predicted molar refractivity (Wildman–Crippen MR) is 82.1 cm³/mol. The van der Waals surface area contributed by atoms with Gasteiger partial charge < -0.3 is 5.32 Å². The van der Waals surface area contributed by atoms with Gasteiger partial charge in [0.1, 0.15) is 0 Å². The molecule has 1 aromatic carbocycles. The molecule has 1 amide bonds. The Balaban J connectivity index is 1.92. The van der Waals surface area contributed by atoms with Crippen LogP contribution in [0.15, 0.2) is 30.3 Å². The molecular weight excluding hydrogens is 288 g/mol. The van der Waals surface area contributed by atoms with Gasteiger partial charge in [-0.25, -0.2) is 8.42 Å². The average Bonchev–Trinajstić information content (AvgIpc) is 2.96. The van der Waals surface area contributed by atoms with Crippen LogP contribution in [0.25, 0.3) is 0 Å². The summed E-state index contributed by atoms with van der Waals surface area (Å²) in [5, 5.41) is 2.78. The Morgan fingerprint density at radius 1 is 1.24 bits per heavy atom. The molecule has 21 heavy (non-hydrogen) atoms. The van der Waals surface area contributed by atoms with Gasteiger partial charge >= 0.3 is 0 Å². The molecule has 0 unspecified atom stereocenters. The summed E-state index contributed by atoms with van der Waals surface area (Å²) < 4.78 is 25.1. The number of benzene rings is 1. The Morgan fingerprint density at radius 2 is 1.86 bits per heavy atom. The Morgan fingerprint density at radius 3 is 2.43 bits per heavy atom. The molecule has 1 saturated carbocycles. The van der Waals surface area contributed by atoms with Crippen molar-refractivity contribution in [3.63, 3.8) is 0 Å². The van der Waals surface area contributed by atoms with Crippen LogP contribution in [-0.4, -0.2) is 37.5 Å². The van der Waals surface area contributed by atoms with Crippen molar-refractivity contribution >= 4 is 15.9 Å². The van der Waals surface area contributed by atoms with E-state index in [9.17, 15) is 13.2 Å². The number of carbonyl (C=O) groups excluding carboxylic acids is 1. The number of hydrogen-bond donors (Lipinski definition) is 1. The number of nitrogens with one attached hydrogen (secondary N) is 1. The predicted octanol–water partition coefficient (Wildman–Crippen LogP) is 1.51. The van der Waals surface area contributed by atoms with E-state index >= 15 is 0 Å². The fraction of sp³-hybridized carbons (Fsp3) is 0.533. The van der Waals surface area contributed by atoms with Crippen molar-refractivity contribution in [2.24, 2.45) is 0 Å². The van der Waals surface area contributed by atoms with E-state index in [1.807, 2.05) is 30.3 Å². The fourth-order valence-electron chi connectivity index (χ4n) is 2.70. The lowest BCUT2D eigenvalue weighted by molar-refractivity contribution is -0.121. The molecule has 0 aromatic heterocycles. The van der Waals surface area contributed by atoms with Crippen molar-refractivity contribution in [2.45, 2.75) is 38.3 Å². The zero-order chi connectivity index (χ0) is 15.3. The van der Waals surface area contributed by atoms with Gasteiger partial charge in [-0.3, -0.25) is 4.79 Å². The standard InChI is InChI=1S/C15H22N2O3S/c1-21(19,20)17(14-9-5-6-10-14)12-15(18)16-11-13-7-3-2-4-8-13/h2-4,7-8,14H,5-6,9-12H2,1H3,(H,16,18). The number of rotatable bonds is 6. The maximum Gasteiger partial charge on any atom is 0.235 e. The first-order chi connectivity index (χ1) is 9.97. The molecule has 1 aromatic rings. The van der Waals surface area contributed by atoms with Gasteiger partial charge in [0.2, 0.25) is 15.9 Å². The monoisotopic (exact) mass is 310 g/mol. The van der Waals surface area contributed by atoms with Gasteiger partial charge in [-0.1, -0.05) is 43.2 Å². The third-order valence-corrected chi connectivity index (χ3v) is 5.07. The lowest BCUT2D eigenvalue weighted by atomic mass is 10.2. The van der Waals surface area contributed by atoms with Crippen LogP contribution in [0.2, 0.25) is 0 Å². The van der Waals surface area contributed by atoms with E-state index < -0.39 is 10.0 Å². The minimum Gasteiger partial charge on any atom is -0.351 e. The molecule has 0 aliphatic heterocycles. The van der Waals surface area contributed by atoms with Crippen LogP contribution < -0.4 is 5.32 Å². The molecule has 0 heterocycles. The van der Waals surface area contributed by atoms with Crippen molar-refractivity contribution in [1.82, 2.24) is 9.62 Å². The molecule has 5 nitrogen and oxygen atoms in total. The molecule has 1 N–H and O–H groups in total. The molecule has 1 aliphatic rings. The van der Waals surface area contributed by atoms with E-state index in [4.69, 9.17) is 0 Å². The van der Waals surface area contributed by atoms with Crippen molar-refractivity contribution in [2.75, 3.05) is 12.8 Å². The number of sulfonamides is 1. The third kappa shape index (κ3) is 4.82. The normalized spacial score (nSPS) is 16.3. The van der Waals surface area contributed by atoms with E-state index in [2.05, 4.69) is 5.32 Å². The number of hydrogen-bond acceptors (Lipinski definition) is 3. The highest BCUT2D eigenvalue weighted by molar-refractivity contribution is 7.88. The lowest BCUT2D eigenvalue weighted by Gasteiger charge is -2.25. The molecular formula is C15H22N2O3S. The summed E-state index contributed by atoms with van der Waals surface area (Å²) >= 11 is 0. The first-order valence-corrected chi connectivity index (χ1v) is 9.09. The van der Waals surface area contributed by atoms with Crippen molar-refractivity contribution in [1.29, 1.82) is 0 Å². The summed E-state index contributed by atoms with van der Waals surface area (Å²) in [4.78, 5) is 12.0. The van der Waals surface area contributed by atoms with Crippen LogP contribution in [0.4, 0.5) is 0 Å². The Kier molecular flexibility index (Phi) is 5.36. The molecule has 1 aliphatic carbocycles. The topological polar surface area (TPSA) is 66.5 Å². The summed E-state index contributed by atoms with van der Waals surface area (Å²) in [7, 11) is -3.35. The summed E-state index contributed by atoms with van der Waals surface area (Å²) in [6.07, 6.45) is 4.93. The Bertz CT molecular complexity index is 566. The van der Waals surface area contributed by atoms with Gasteiger partial charge in [-0.2, -0.15) is 4.31 Å². The van der Waals surface area contributed by atoms with E-state index in [0.717, 1.165) is 31.2 Å². The molecule has 6 heteroatoms. The molecule has 0 saturated heterocycles. The number of carbonyl (C=O) groups is 1. The zero-order valence-corrected chi connectivity index (χ0v) is 13.1. The first-order valence-electron chi connectivity index (χ1n) is 7.24. The highest BCUT2D eigenvalue weighted by Crippen LogP contribution is 2.25. The minimum atomic E-state index is -3.35. The highest BCUT2D eigenvalue weighted by atomic mass is 32.2. The van der Waals surface area contributed by atoms with Crippen LogP contribution in [0.3, 0.4) is 0 Å². The number of amides is 1. The summed E-state index contributed by atoms with van der Waals surface area (Å²) in [5.41, 5.74) is 0.998. The molecule has 0 spiro atoms. The molecule has 116 valence electrons. The minimum absolute atomic E-state index is 0.0255. The maximum atomic E-state index is 12.0. The second-order valence-corrected chi connectivity index (χ2v) is 7.44. The lowest BCUT2D eigenvalue weighted by Crippen LogP contribution is -2.44. The largest absolute Gasteiger partial charge is 0.351 e. The molecule has 0 atom stereocenters. The van der Waals surface area contributed by atoms with Crippen molar-refractivity contribution in [3.05, 3.63) is 35.9 Å². The maximum absolute atomic E-state index is 12.0. The first kappa shape index (κ1) is 16.0. The van der Waals surface area contributed by atoms with E-state index in [1.165, 1.54) is 10.6 Å². The van der Waals surface area contributed by atoms with Gasteiger partial charge in [-0.05, 0) is 18.4 Å². The number of nitrogens with zero attached hydrogens (tertiary/aromatic N) is 1. The van der Waals surface area contributed by atoms with Crippen LogP contribution in [0.1, 0.15) is 31.2 Å². The Labute approximate surface area is 126 Å². The highest BCUT2D eigenvalue weighted by Gasteiger charge is 2.30. The van der Waals surface area contributed by atoms with Gasteiger partial charge in [0.15, 0.2) is 0 Å². The molecule has 0 bridgehead atoms. The second-order valence-electron chi connectivity index (χ2n) is 5.51. The summed E-state index contributed by atoms with van der Waals surface area (Å²) in [5.74, 6) is -0.254. The average molecular weight is 310 g/mol. The second kappa shape index (κ2) is 7.04. The van der Waals surface area contributed by atoms with E-state index in [1.54, 1.807) is 0 Å². The fourth-order valence-corrected chi connectivity index (χ4v) is 3.81. The van der Waals surface area contributed by atoms with Crippen LogP contribution in [0.5, 0.6) is 0 Å². The quantitative estimate of drug-likeness (QED) is 0.866. The van der Waals surface area contributed by atoms with E-state index in [0.29, 0.717) is 6.54 Å². The van der Waals surface area contributed by atoms with Crippen LogP contribution >= 0.6 is 0 Å². The molecule has 2 rings (SSSR count). The zero-order valence-electron chi connectivity index (χ0n) is 12.3. The SMILES string of the molecule is CS(=O)(=O)N(CC(=O)NCc1ccccc1)C1CCCC1. The Hall–Kier alpha value is -1.40. The third-order valence-electron chi connectivity index (χ3n) is 3.79. The van der Waals surface area contributed by atoms with E-state index in [-0.39, 0.29) is 18.5 Å².